The Morgan fingerprint density at radius 1 is 1.33 bits per heavy atom. The van der Waals surface area contributed by atoms with Crippen molar-refractivity contribution in [3.63, 3.8) is 0 Å². The first-order valence-corrected chi connectivity index (χ1v) is 7.60. The minimum Gasteiger partial charge on any atom is -0.468 e. The van der Waals surface area contributed by atoms with Crippen molar-refractivity contribution >= 4 is 13.5 Å². The van der Waals surface area contributed by atoms with Gasteiger partial charge in [0.15, 0.2) is 0 Å². The molecule has 1 unspecified atom stereocenters. The third-order valence-electron chi connectivity index (χ3n) is 2.28. The van der Waals surface area contributed by atoms with E-state index in [0.717, 1.165) is 5.56 Å². The van der Waals surface area contributed by atoms with Gasteiger partial charge in [-0.2, -0.15) is 0 Å². The predicted octanol–water partition coefficient (Wildman–Crippen LogP) is 2.35. The maximum Gasteiger partial charge on any atom is 0.323 e. The van der Waals surface area contributed by atoms with Crippen molar-refractivity contribution < 1.29 is 18.6 Å². The fraction of sp³-hybridized carbons (Fsp3) is 0.417. The number of benzene rings is 1. The van der Waals surface area contributed by atoms with E-state index in [1.54, 1.807) is 19.1 Å². The Balaban J connectivity index is 2.67. The number of nitrogens with one attached hydrogen (secondary N) is 1. The quantitative estimate of drug-likeness (QED) is 0.657. The lowest BCUT2D eigenvalue weighted by molar-refractivity contribution is -0.142. The van der Waals surface area contributed by atoms with Crippen molar-refractivity contribution in [3.05, 3.63) is 29.8 Å². The van der Waals surface area contributed by atoms with Gasteiger partial charge in [0.05, 0.1) is 7.11 Å². The molecule has 0 fully saturated rings. The SMILES string of the molecule is COC(=O)[C@H](C)NP(C)(=O)Oc1ccc(C)cc1. The van der Waals surface area contributed by atoms with Crippen molar-refractivity contribution in [1.29, 1.82) is 0 Å². The van der Waals surface area contributed by atoms with Crippen molar-refractivity contribution in [2.24, 2.45) is 0 Å². The molecule has 0 amide bonds. The molecule has 1 rings (SSSR count). The number of ether oxygens (including phenoxy) is 1. The fourth-order valence-corrected chi connectivity index (χ4v) is 2.79. The molecule has 0 heterocycles. The second-order valence-electron chi connectivity index (χ2n) is 4.12. The lowest BCUT2D eigenvalue weighted by atomic mass is 10.2. The van der Waals surface area contributed by atoms with Gasteiger partial charge < -0.3 is 9.26 Å². The summed E-state index contributed by atoms with van der Waals surface area (Å²) in [6, 6.07) is 6.50. The summed E-state index contributed by atoms with van der Waals surface area (Å²) in [6.45, 7) is 4.94. The highest BCUT2D eigenvalue weighted by Crippen LogP contribution is 2.39. The number of rotatable bonds is 5. The molecule has 1 aromatic rings. The number of aryl methyl sites for hydroxylation is 1. The molecule has 18 heavy (non-hydrogen) atoms. The molecule has 0 aromatic heterocycles. The molecule has 100 valence electrons. The Hall–Kier alpha value is -1.32. The van der Waals surface area contributed by atoms with Crippen molar-refractivity contribution in [2.75, 3.05) is 13.8 Å². The van der Waals surface area contributed by atoms with Crippen LogP contribution in [-0.4, -0.2) is 25.8 Å². The van der Waals surface area contributed by atoms with E-state index < -0.39 is 19.5 Å². The first-order valence-electron chi connectivity index (χ1n) is 5.53. The highest BCUT2D eigenvalue weighted by molar-refractivity contribution is 7.56. The molecular weight excluding hydrogens is 253 g/mol. The highest BCUT2D eigenvalue weighted by atomic mass is 31.2. The lowest BCUT2D eigenvalue weighted by Gasteiger charge is -2.19. The molecule has 0 spiro atoms. The van der Waals surface area contributed by atoms with Crippen LogP contribution in [0.2, 0.25) is 0 Å². The van der Waals surface area contributed by atoms with Gasteiger partial charge in [0.2, 0.25) is 0 Å². The smallest absolute Gasteiger partial charge is 0.323 e. The second kappa shape index (κ2) is 6.03. The van der Waals surface area contributed by atoms with Gasteiger partial charge in [-0.25, -0.2) is 5.09 Å². The fourth-order valence-electron chi connectivity index (χ4n) is 1.41. The van der Waals surface area contributed by atoms with Crippen LogP contribution < -0.4 is 9.61 Å². The highest BCUT2D eigenvalue weighted by Gasteiger charge is 2.24. The maximum atomic E-state index is 12.2. The molecule has 5 nitrogen and oxygen atoms in total. The molecule has 0 radical (unpaired) electrons. The molecule has 0 aliphatic rings. The molecule has 0 saturated heterocycles. The minimum atomic E-state index is -3.10. The van der Waals surface area contributed by atoms with Gasteiger partial charge in [-0.1, -0.05) is 17.7 Å². The van der Waals surface area contributed by atoms with Gasteiger partial charge in [-0.15, -0.1) is 0 Å². The van der Waals surface area contributed by atoms with Crippen LogP contribution in [0.3, 0.4) is 0 Å². The number of carbonyl (C=O) groups excluding carboxylic acids is 1. The lowest BCUT2D eigenvalue weighted by Crippen LogP contribution is -2.33. The monoisotopic (exact) mass is 271 g/mol. The van der Waals surface area contributed by atoms with E-state index in [9.17, 15) is 9.36 Å². The summed E-state index contributed by atoms with van der Waals surface area (Å²) < 4.78 is 22.1. The average Bonchev–Trinajstić information content (AvgIpc) is 2.30. The number of esters is 1. The van der Waals surface area contributed by atoms with Crippen molar-refractivity contribution in [1.82, 2.24) is 5.09 Å². The van der Waals surface area contributed by atoms with E-state index >= 15 is 0 Å². The van der Waals surface area contributed by atoms with E-state index in [0.29, 0.717) is 5.75 Å². The van der Waals surface area contributed by atoms with Crippen LogP contribution in [0.1, 0.15) is 12.5 Å². The molecule has 6 heteroatoms. The topological polar surface area (TPSA) is 64.6 Å². The molecule has 0 aliphatic carbocycles. The number of methoxy groups -OCH3 is 1. The Morgan fingerprint density at radius 3 is 2.39 bits per heavy atom. The summed E-state index contributed by atoms with van der Waals surface area (Å²) in [4.78, 5) is 11.2. The summed E-state index contributed by atoms with van der Waals surface area (Å²) in [5.41, 5.74) is 1.09. The van der Waals surface area contributed by atoms with Crippen molar-refractivity contribution in [2.45, 2.75) is 19.9 Å². The Morgan fingerprint density at radius 2 is 1.89 bits per heavy atom. The van der Waals surface area contributed by atoms with E-state index in [1.165, 1.54) is 13.8 Å². The summed E-state index contributed by atoms with van der Waals surface area (Å²) in [5.74, 6) is 0.0144. The van der Waals surface area contributed by atoms with Crippen LogP contribution in [-0.2, 0) is 14.1 Å². The van der Waals surface area contributed by atoms with Gasteiger partial charge in [0, 0.05) is 6.66 Å². The Bertz CT molecular complexity index is 458. The van der Waals surface area contributed by atoms with E-state index in [2.05, 4.69) is 9.82 Å². The van der Waals surface area contributed by atoms with Gasteiger partial charge in [0.25, 0.3) is 0 Å². The predicted molar refractivity (Wildman–Crippen MR) is 70.0 cm³/mol. The Labute approximate surface area is 107 Å². The van der Waals surface area contributed by atoms with Gasteiger partial charge >= 0.3 is 13.5 Å². The molecule has 2 atom stereocenters. The van der Waals surface area contributed by atoms with Crippen LogP contribution in [0, 0.1) is 6.92 Å². The summed E-state index contributed by atoms with van der Waals surface area (Å²) in [5, 5.41) is 2.63. The zero-order chi connectivity index (χ0) is 13.8. The van der Waals surface area contributed by atoms with Gasteiger partial charge in [0.1, 0.15) is 11.8 Å². The summed E-state index contributed by atoms with van der Waals surface area (Å²) in [6.07, 6.45) is 0. The first-order chi connectivity index (χ1) is 8.34. The number of hydrogen-bond acceptors (Lipinski definition) is 4. The van der Waals surface area contributed by atoms with Crippen LogP contribution >= 0.6 is 7.52 Å². The second-order valence-corrected chi connectivity index (χ2v) is 6.26. The normalized spacial score (nSPS) is 15.6. The van der Waals surface area contributed by atoms with Crippen LogP contribution in [0.5, 0.6) is 5.75 Å². The van der Waals surface area contributed by atoms with Crippen LogP contribution in [0.25, 0.3) is 0 Å². The average molecular weight is 271 g/mol. The zero-order valence-electron chi connectivity index (χ0n) is 11.0. The summed E-state index contributed by atoms with van der Waals surface area (Å²) >= 11 is 0. The largest absolute Gasteiger partial charge is 0.468 e. The molecule has 1 N–H and O–H groups in total. The minimum absolute atomic E-state index is 0.482. The zero-order valence-corrected chi connectivity index (χ0v) is 11.9. The standard InChI is InChI=1S/C12H18NO4P/c1-9-5-7-11(8-6-9)17-18(4,15)13-10(2)12(14)16-3/h5-8,10H,1-4H3,(H,13,15)/t10-,18?/m0/s1. The number of carbonyl (C=O) groups is 1. The van der Waals surface area contributed by atoms with Gasteiger partial charge in [-0.3, -0.25) is 9.36 Å². The maximum absolute atomic E-state index is 12.2. The van der Waals surface area contributed by atoms with E-state index in [1.807, 2.05) is 19.1 Å². The molecule has 0 bridgehead atoms. The molecular formula is C12H18NO4P. The van der Waals surface area contributed by atoms with Crippen LogP contribution in [0.15, 0.2) is 24.3 Å². The van der Waals surface area contributed by atoms with Crippen LogP contribution in [0.4, 0.5) is 0 Å². The van der Waals surface area contributed by atoms with Crippen molar-refractivity contribution in [3.8, 4) is 5.75 Å². The van der Waals surface area contributed by atoms with E-state index in [-0.39, 0.29) is 0 Å². The molecule has 1 aromatic carbocycles. The first kappa shape index (κ1) is 14.7. The van der Waals surface area contributed by atoms with Gasteiger partial charge in [-0.05, 0) is 26.0 Å². The Kier molecular flexibility index (Phi) is 4.93. The molecule has 0 aliphatic heterocycles. The third-order valence-corrected chi connectivity index (χ3v) is 3.70. The number of hydrogen-bond donors (Lipinski definition) is 1. The summed E-state index contributed by atoms with van der Waals surface area (Å²) in [7, 11) is -1.82. The van der Waals surface area contributed by atoms with E-state index in [4.69, 9.17) is 4.52 Å². The third kappa shape index (κ3) is 4.51. The molecule has 0 saturated carbocycles.